The van der Waals surface area contributed by atoms with Crippen LogP contribution in [0.15, 0.2) is 30.9 Å². The van der Waals surface area contributed by atoms with Gasteiger partial charge in [-0.2, -0.15) is 0 Å². The summed E-state index contributed by atoms with van der Waals surface area (Å²) in [6.07, 6.45) is 1.34. The van der Waals surface area contributed by atoms with Crippen LogP contribution in [0.1, 0.15) is 5.56 Å². The highest BCUT2D eigenvalue weighted by atomic mass is 79.9. The van der Waals surface area contributed by atoms with E-state index in [4.69, 9.17) is 4.74 Å². The molecule has 0 saturated heterocycles. The van der Waals surface area contributed by atoms with E-state index in [1.54, 1.807) is 12.1 Å². The van der Waals surface area contributed by atoms with Crippen molar-refractivity contribution < 1.29 is 9.53 Å². The normalized spacial score (nSPS) is 8.89. The van der Waals surface area contributed by atoms with Crippen molar-refractivity contribution in [1.82, 2.24) is 5.32 Å². The minimum absolute atomic E-state index is 0.455. The van der Waals surface area contributed by atoms with Crippen LogP contribution < -0.4 is 15.0 Å². The molecule has 0 heterocycles. The van der Waals surface area contributed by atoms with E-state index in [0.717, 1.165) is 16.6 Å². The molecule has 0 saturated carbocycles. The first-order valence-corrected chi connectivity index (χ1v) is 6.92. The van der Waals surface area contributed by atoms with Crippen LogP contribution in [0.25, 0.3) is 0 Å². The number of anilines is 1. The number of ether oxygens (including phenoxy) is 1. The zero-order valence-electron chi connectivity index (χ0n) is 11.9. The molecule has 1 aromatic carbocycles. The van der Waals surface area contributed by atoms with Gasteiger partial charge in [0.15, 0.2) is 0 Å². The standard InChI is InChI=1S/C11H16N2O2.C3H5Br/c1-8-5-6-9(15-11(14)12-2)7-10(8)13(3)4;1-2-3-4/h5-7H,1-4H3,(H,12,14);2H,1,3H2. The summed E-state index contributed by atoms with van der Waals surface area (Å²) >= 11 is 3.13. The van der Waals surface area contributed by atoms with Gasteiger partial charge < -0.3 is 15.0 Å². The molecule has 5 heteroatoms. The van der Waals surface area contributed by atoms with Gasteiger partial charge in [0.2, 0.25) is 0 Å². The van der Waals surface area contributed by atoms with Crippen molar-refractivity contribution >= 4 is 27.7 Å². The van der Waals surface area contributed by atoms with Crippen molar-refractivity contribution in [2.24, 2.45) is 0 Å². The minimum Gasteiger partial charge on any atom is -0.410 e. The predicted octanol–water partition coefficient (Wildman–Crippen LogP) is 3.35. The molecular formula is C14H21BrN2O2. The molecule has 0 aromatic heterocycles. The van der Waals surface area contributed by atoms with Gasteiger partial charge in [0.05, 0.1) is 0 Å². The molecule has 1 N–H and O–H groups in total. The van der Waals surface area contributed by atoms with Crippen LogP contribution in [0.4, 0.5) is 10.5 Å². The molecule has 0 aliphatic heterocycles. The van der Waals surface area contributed by atoms with E-state index in [-0.39, 0.29) is 0 Å². The fourth-order valence-electron chi connectivity index (χ4n) is 1.29. The van der Waals surface area contributed by atoms with Crippen LogP contribution in [-0.4, -0.2) is 32.6 Å². The first kappa shape index (κ1) is 17.5. The molecule has 0 radical (unpaired) electrons. The monoisotopic (exact) mass is 328 g/mol. The zero-order valence-corrected chi connectivity index (χ0v) is 13.5. The second kappa shape index (κ2) is 9.44. The van der Waals surface area contributed by atoms with E-state index >= 15 is 0 Å². The number of carbonyl (C=O) groups is 1. The number of rotatable bonds is 3. The largest absolute Gasteiger partial charge is 0.412 e. The Balaban J connectivity index is 0.000000711. The fraction of sp³-hybridized carbons (Fsp3) is 0.357. The van der Waals surface area contributed by atoms with Gasteiger partial charge in [-0.1, -0.05) is 28.1 Å². The zero-order chi connectivity index (χ0) is 14.8. The number of aryl methyl sites for hydroxylation is 1. The van der Waals surface area contributed by atoms with E-state index in [1.165, 1.54) is 7.05 Å². The Morgan fingerprint density at radius 1 is 1.53 bits per heavy atom. The lowest BCUT2D eigenvalue weighted by Crippen LogP contribution is -2.22. The third kappa shape index (κ3) is 6.86. The highest BCUT2D eigenvalue weighted by molar-refractivity contribution is 9.09. The molecule has 0 fully saturated rings. The van der Waals surface area contributed by atoms with Crippen LogP contribution in [0.3, 0.4) is 0 Å². The van der Waals surface area contributed by atoms with Crippen molar-refractivity contribution in [3.05, 3.63) is 36.4 Å². The molecule has 4 nitrogen and oxygen atoms in total. The number of hydrogen-bond donors (Lipinski definition) is 1. The van der Waals surface area contributed by atoms with E-state index < -0.39 is 6.09 Å². The van der Waals surface area contributed by atoms with Crippen LogP contribution in [0.2, 0.25) is 0 Å². The lowest BCUT2D eigenvalue weighted by atomic mass is 10.2. The van der Waals surface area contributed by atoms with Gasteiger partial charge in [0, 0.05) is 38.2 Å². The first-order valence-electron chi connectivity index (χ1n) is 5.80. The Bertz CT molecular complexity index is 420. The minimum atomic E-state index is -0.455. The third-order valence-corrected chi connectivity index (χ3v) is 2.64. The number of hydrogen-bond acceptors (Lipinski definition) is 3. The molecule has 1 rings (SSSR count). The molecule has 19 heavy (non-hydrogen) atoms. The highest BCUT2D eigenvalue weighted by Gasteiger charge is 2.05. The summed E-state index contributed by atoms with van der Waals surface area (Å²) in [6, 6.07) is 5.54. The van der Waals surface area contributed by atoms with Crippen molar-refractivity contribution in [1.29, 1.82) is 0 Å². The van der Waals surface area contributed by atoms with Gasteiger partial charge in [-0.05, 0) is 18.6 Å². The maximum atomic E-state index is 11.0. The van der Waals surface area contributed by atoms with Gasteiger partial charge in [0.1, 0.15) is 5.75 Å². The Morgan fingerprint density at radius 3 is 2.53 bits per heavy atom. The van der Waals surface area contributed by atoms with Gasteiger partial charge in [-0.15, -0.1) is 6.58 Å². The SMILES string of the molecule is C=CCBr.CNC(=O)Oc1ccc(C)c(N(C)C)c1. The molecule has 106 valence electrons. The number of alkyl halides is 1. The van der Waals surface area contributed by atoms with E-state index in [2.05, 4.69) is 27.8 Å². The lowest BCUT2D eigenvalue weighted by molar-refractivity contribution is 0.203. The summed E-state index contributed by atoms with van der Waals surface area (Å²) in [4.78, 5) is 13.0. The summed E-state index contributed by atoms with van der Waals surface area (Å²) in [5.41, 5.74) is 2.18. The lowest BCUT2D eigenvalue weighted by Gasteiger charge is -2.16. The Labute approximate surface area is 123 Å². The third-order valence-electron chi connectivity index (χ3n) is 2.19. The van der Waals surface area contributed by atoms with Crippen LogP contribution in [0, 0.1) is 6.92 Å². The fourth-order valence-corrected chi connectivity index (χ4v) is 1.29. The van der Waals surface area contributed by atoms with Crippen molar-refractivity contribution in [2.75, 3.05) is 31.4 Å². The van der Waals surface area contributed by atoms with Gasteiger partial charge in [0.25, 0.3) is 0 Å². The molecular weight excluding hydrogens is 308 g/mol. The van der Waals surface area contributed by atoms with Crippen LogP contribution in [-0.2, 0) is 0 Å². The molecule has 0 atom stereocenters. The number of halogens is 1. The van der Waals surface area contributed by atoms with Gasteiger partial charge >= 0.3 is 6.09 Å². The molecule has 1 amide bonds. The summed E-state index contributed by atoms with van der Waals surface area (Å²) in [6.45, 7) is 5.45. The van der Waals surface area contributed by atoms with Crippen LogP contribution in [0.5, 0.6) is 5.75 Å². The molecule has 0 bridgehead atoms. The number of benzene rings is 1. The summed E-state index contributed by atoms with van der Waals surface area (Å²) in [5.74, 6) is 0.545. The van der Waals surface area contributed by atoms with Crippen molar-refractivity contribution in [3.63, 3.8) is 0 Å². The quantitative estimate of drug-likeness (QED) is 0.683. The van der Waals surface area contributed by atoms with Gasteiger partial charge in [-0.3, -0.25) is 0 Å². The van der Waals surface area contributed by atoms with Gasteiger partial charge in [-0.25, -0.2) is 4.79 Å². The number of nitrogens with one attached hydrogen (secondary N) is 1. The Hall–Kier alpha value is -1.49. The average molecular weight is 329 g/mol. The topological polar surface area (TPSA) is 41.6 Å². The number of amides is 1. The van der Waals surface area contributed by atoms with Crippen molar-refractivity contribution in [3.8, 4) is 5.75 Å². The maximum Gasteiger partial charge on any atom is 0.412 e. The van der Waals surface area contributed by atoms with E-state index in [1.807, 2.05) is 38.1 Å². The summed E-state index contributed by atoms with van der Waals surface area (Å²) in [7, 11) is 5.43. The average Bonchev–Trinajstić information content (AvgIpc) is 2.40. The van der Waals surface area contributed by atoms with E-state index in [0.29, 0.717) is 5.75 Å². The maximum absolute atomic E-state index is 11.0. The number of allylic oxidation sites excluding steroid dienone is 1. The molecule has 0 aliphatic rings. The second-order valence-electron chi connectivity index (χ2n) is 3.93. The summed E-state index contributed by atoms with van der Waals surface area (Å²) in [5, 5.41) is 3.30. The van der Waals surface area contributed by atoms with E-state index in [9.17, 15) is 4.79 Å². The molecule has 1 aromatic rings. The number of carbonyl (C=O) groups excluding carboxylic acids is 1. The molecule has 0 aliphatic carbocycles. The first-order chi connectivity index (χ1) is 8.96. The van der Waals surface area contributed by atoms with Crippen LogP contribution >= 0.6 is 15.9 Å². The summed E-state index contributed by atoms with van der Waals surface area (Å²) < 4.78 is 5.03. The predicted molar refractivity (Wildman–Crippen MR) is 84.6 cm³/mol. The molecule has 0 unspecified atom stereocenters. The molecule has 0 spiro atoms. The second-order valence-corrected chi connectivity index (χ2v) is 4.57. The smallest absolute Gasteiger partial charge is 0.410 e. The Morgan fingerprint density at radius 2 is 2.11 bits per heavy atom. The van der Waals surface area contributed by atoms with Crippen molar-refractivity contribution in [2.45, 2.75) is 6.92 Å². The highest BCUT2D eigenvalue weighted by Crippen LogP contribution is 2.23. The Kier molecular flexibility index (Phi) is 8.70. The number of nitrogens with zero attached hydrogens (tertiary/aromatic N) is 1.